The Morgan fingerprint density at radius 3 is 0.722 bits per heavy atom. The number of carbonyl (C=O) groups is 2. The topological polar surface area (TPSA) is 115 Å². The van der Waals surface area contributed by atoms with Crippen LogP contribution in [0.4, 0.5) is 9.59 Å². The maximum absolute atomic E-state index is 8.56. The summed E-state index contributed by atoms with van der Waals surface area (Å²) in [6.07, 6.45) is 4.49. The van der Waals surface area contributed by atoms with E-state index in [1.54, 1.807) is 0 Å². The third-order valence-electron chi connectivity index (χ3n) is 1.41. The lowest BCUT2D eigenvalue weighted by atomic mass is 10.3. The minimum Gasteiger partial charge on any atom is -0.450 e. The number of carboxylic acid groups (broad SMARTS) is 4. The van der Waals surface area contributed by atoms with Crippen LogP contribution in [0.3, 0.4) is 0 Å². The molecule has 0 bridgehead atoms. The van der Waals surface area contributed by atoms with Gasteiger partial charge in [-0.1, -0.05) is 66.2 Å². The van der Waals surface area contributed by atoms with E-state index in [-0.39, 0.29) is 0 Å². The molecular formula is C12H28O6. The Labute approximate surface area is 109 Å². The molecule has 0 rings (SSSR count). The molecule has 0 heterocycles. The zero-order chi connectivity index (χ0) is 15.4. The maximum Gasteiger partial charge on any atom is 0.503 e. The SMILES string of the molecule is CCCCC.CCCCC.O=C(O)O.O=C(O)O. The Morgan fingerprint density at radius 1 is 0.611 bits per heavy atom. The van der Waals surface area contributed by atoms with Crippen molar-refractivity contribution < 1.29 is 30.0 Å². The molecule has 0 aromatic carbocycles. The minimum absolute atomic E-state index is 1.34. The molecule has 0 saturated carbocycles. The molecule has 0 fully saturated rings. The largest absolute Gasteiger partial charge is 0.503 e. The summed E-state index contributed by atoms with van der Waals surface area (Å²) in [6, 6.07) is 0. The van der Waals surface area contributed by atoms with E-state index in [9.17, 15) is 0 Å². The lowest BCUT2D eigenvalue weighted by Crippen LogP contribution is -1.81. The third kappa shape index (κ3) is 413. The molecule has 0 aromatic heterocycles. The van der Waals surface area contributed by atoms with Gasteiger partial charge in [-0.2, -0.15) is 0 Å². The second-order valence-corrected chi connectivity index (χ2v) is 3.27. The van der Waals surface area contributed by atoms with Crippen molar-refractivity contribution in [2.24, 2.45) is 0 Å². The van der Waals surface area contributed by atoms with Crippen molar-refractivity contribution in [3.8, 4) is 0 Å². The fourth-order valence-corrected chi connectivity index (χ4v) is 0.707. The van der Waals surface area contributed by atoms with Gasteiger partial charge in [0.05, 0.1) is 0 Å². The Kier molecular flexibility index (Phi) is 41.7. The normalized spacial score (nSPS) is 7.33. The van der Waals surface area contributed by atoms with Crippen LogP contribution in [0.5, 0.6) is 0 Å². The van der Waals surface area contributed by atoms with Gasteiger partial charge in [-0.05, 0) is 0 Å². The first-order chi connectivity index (χ1) is 8.29. The smallest absolute Gasteiger partial charge is 0.450 e. The second-order valence-electron chi connectivity index (χ2n) is 3.27. The van der Waals surface area contributed by atoms with Gasteiger partial charge >= 0.3 is 12.3 Å². The van der Waals surface area contributed by atoms with Crippen LogP contribution in [0.25, 0.3) is 0 Å². The minimum atomic E-state index is -1.83. The van der Waals surface area contributed by atoms with Gasteiger partial charge in [0.15, 0.2) is 0 Å². The molecule has 0 saturated heterocycles. The van der Waals surface area contributed by atoms with E-state index in [0.717, 1.165) is 0 Å². The third-order valence-corrected chi connectivity index (χ3v) is 1.41. The number of hydrogen-bond acceptors (Lipinski definition) is 2. The van der Waals surface area contributed by atoms with Crippen LogP contribution in [0.1, 0.15) is 66.2 Å². The average molecular weight is 268 g/mol. The summed E-state index contributed by atoms with van der Waals surface area (Å²) >= 11 is 0. The number of rotatable bonds is 4. The Hall–Kier alpha value is -1.46. The van der Waals surface area contributed by atoms with Gasteiger partial charge in [0.1, 0.15) is 0 Å². The van der Waals surface area contributed by atoms with Crippen LogP contribution in [0.2, 0.25) is 0 Å². The fraction of sp³-hybridized carbons (Fsp3) is 0.833. The molecule has 0 radical (unpaired) electrons. The Balaban J connectivity index is -0.0000000731. The van der Waals surface area contributed by atoms with E-state index in [4.69, 9.17) is 30.0 Å². The van der Waals surface area contributed by atoms with Gasteiger partial charge in [0.2, 0.25) is 0 Å². The van der Waals surface area contributed by atoms with Crippen molar-refractivity contribution >= 4 is 12.3 Å². The molecule has 0 unspecified atom stereocenters. The molecule has 0 spiro atoms. The molecule has 6 heteroatoms. The van der Waals surface area contributed by atoms with Gasteiger partial charge in [-0.3, -0.25) is 0 Å². The van der Waals surface area contributed by atoms with Crippen LogP contribution in [0, 0.1) is 0 Å². The molecule has 4 N–H and O–H groups in total. The summed E-state index contributed by atoms with van der Waals surface area (Å²) in [4.78, 5) is 17.1. The maximum atomic E-state index is 8.56. The van der Waals surface area contributed by atoms with Crippen molar-refractivity contribution in [2.75, 3.05) is 0 Å². The Bertz CT molecular complexity index is 129. The monoisotopic (exact) mass is 268 g/mol. The number of unbranched alkanes of at least 4 members (excludes halogenated alkanes) is 4. The highest BCUT2D eigenvalue weighted by molar-refractivity contribution is 5.53. The van der Waals surface area contributed by atoms with Crippen LogP contribution >= 0.6 is 0 Å². The predicted molar refractivity (Wildman–Crippen MR) is 71.7 cm³/mol. The van der Waals surface area contributed by atoms with Crippen molar-refractivity contribution in [2.45, 2.75) is 66.2 Å². The lowest BCUT2D eigenvalue weighted by molar-refractivity contribution is 0.135. The molecular weight excluding hydrogens is 240 g/mol. The van der Waals surface area contributed by atoms with E-state index in [0.29, 0.717) is 0 Å². The lowest BCUT2D eigenvalue weighted by Gasteiger charge is -1.79. The standard InChI is InChI=1S/2C5H12.2CH2O3/c2*1-3-5-4-2;2*2-1(3)4/h2*3-5H2,1-2H3;2*(H2,2,3,4). The summed E-state index contributed by atoms with van der Waals surface area (Å²) in [6.45, 7) is 8.85. The zero-order valence-corrected chi connectivity index (χ0v) is 11.8. The Morgan fingerprint density at radius 2 is 0.722 bits per heavy atom. The summed E-state index contributed by atoms with van der Waals surface area (Å²) in [5, 5.41) is 27.9. The van der Waals surface area contributed by atoms with E-state index in [1.165, 1.54) is 38.5 Å². The van der Waals surface area contributed by atoms with Crippen LogP contribution in [0.15, 0.2) is 0 Å². The second kappa shape index (κ2) is 29.6. The van der Waals surface area contributed by atoms with Crippen molar-refractivity contribution in [3.63, 3.8) is 0 Å². The van der Waals surface area contributed by atoms with Gasteiger partial charge in [-0.15, -0.1) is 0 Å². The quantitative estimate of drug-likeness (QED) is 0.580. The summed E-state index contributed by atoms with van der Waals surface area (Å²) in [5.41, 5.74) is 0. The predicted octanol–water partition coefficient (Wildman–Crippen LogP) is 4.84. The summed E-state index contributed by atoms with van der Waals surface area (Å²) in [7, 11) is 0. The van der Waals surface area contributed by atoms with Crippen molar-refractivity contribution in [3.05, 3.63) is 0 Å². The first-order valence-corrected chi connectivity index (χ1v) is 6.13. The van der Waals surface area contributed by atoms with E-state index in [2.05, 4.69) is 27.7 Å². The molecule has 0 aliphatic carbocycles. The first kappa shape index (κ1) is 25.4. The molecule has 18 heavy (non-hydrogen) atoms. The van der Waals surface area contributed by atoms with E-state index in [1.807, 2.05) is 0 Å². The van der Waals surface area contributed by atoms with E-state index >= 15 is 0 Å². The van der Waals surface area contributed by atoms with Crippen LogP contribution in [-0.4, -0.2) is 32.7 Å². The highest BCUT2D eigenvalue weighted by Crippen LogP contribution is 1.88. The van der Waals surface area contributed by atoms with Gasteiger partial charge < -0.3 is 20.4 Å². The highest BCUT2D eigenvalue weighted by atomic mass is 16.6. The highest BCUT2D eigenvalue weighted by Gasteiger charge is 1.70. The molecule has 0 aliphatic rings. The van der Waals surface area contributed by atoms with Crippen molar-refractivity contribution in [1.82, 2.24) is 0 Å². The molecule has 112 valence electrons. The van der Waals surface area contributed by atoms with Crippen molar-refractivity contribution in [1.29, 1.82) is 0 Å². The summed E-state index contributed by atoms with van der Waals surface area (Å²) in [5.74, 6) is 0. The zero-order valence-electron chi connectivity index (χ0n) is 11.8. The average Bonchev–Trinajstić information content (AvgIpc) is 2.19. The molecule has 0 aliphatic heterocycles. The molecule has 0 aromatic rings. The molecule has 0 amide bonds. The van der Waals surface area contributed by atoms with E-state index < -0.39 is 12.3 Å². The van der Waals surface area contributed by atoms with Gasteiger partial charge in [0, 0.05) is 0 Å². The van der Waals surface area contributed by atoms with Gasteiger partial charge in [0.25, 0.3) is 0 Å². The van der Waals surface area contributed by atoms with Gasteiger partial charge in [-0.25, -0.2) is 9.59 Å². The number of hydrogen-bond donors (Lipinski definition) is 4. The molecule has 6 nitrogen and oxygen atoms in total. The first-order valence-electron chi connectivity index (χ1n) is 6.13. The van der Waals surface area contributed by atoms with Crippen LogP contribution < -0.4 is 0 Å². The van der Waals surface area contributed by atoms with Crippen LogP contribution in [-0.2, 0) is 0 Å². The molecule has 0 atom stereocenters. The summed E-state index contributed by atoms with van der Waals surface area (Å²) < 4.78 is 0. The fourth-order valence-electron chi connectivity index (χ4n) is 0.707.